The van der Waals surface area contributed by atoms with E-state index < -0.39 is 6.10 Å². The average Bonchev–Trinajstić information content (AvgIpc) is 2.95. The van der Waals surface area contributed by atoms with E-state index in [1.54, 1.807) is 0 Å². The van der Waals surface area contributed by atoms with Crippen LogP contribution in [0.2, 0.25) is 0 Å². The first-order chi connectivity index (χ1) is 10.2. The molecule has 1 aromatic carbocycles. The predicted molar refractivity (Wildman–Crippen MR) is 80.4 cm³/mol. The zero-order chi connectivity index (χ0) is 14.7. The molecule has 0 bridgehead atoms. The third-order valence-corrected chi connectivity index (χ3v) is 4.52. The van der Waals surface area contributed by atoms with Crippen molar-refractivity contribution in [2.24, 2.45) is 0 Å². The number of hydrogen-bond donors (Lipinski definition) is 2. The number of ether oxygens (including phenoxy) is 1. The number of amides is 1. The van der Waals surface area contributed by atoms with Crippen LogP contribution in [0, 0.1) is 0 Å². The second kappa shape index (κ2) is 6.48. The van der Waals surface area contributed by atoms with Gasteiger partial charge in [0.1, 0.15) is 5.75 Å². The molecule has 0 saturated heterocycles. The van der Waals surface area contributed by atoms with Gasteiger partial charge in [-0.1, -0.05) is 18.9 Å². The highest BCUT2D eigenvalue weighted by atomic mass is 16.5. The molecule has 2 atom stereocenters. The van der Waals surface area contributed by atoms with Gasteiger partial charge < -0.3 is 15.2 Å². The number of nitrogens with one attached hydrogen (secondary N) is 1. The van der Waals surface area contributed by atoms with E-state index in [1.165, 1.54) is 17.5 Å². The van der Waals surface area contributed by atoms with Crippen LogP contribution in [0.3, 0.4) is 0 Å². The van der Waals surface area contributed by atoms with E-state index in [-0.39, 0.29) is 18.6 Å². The molecule has 0 aliphatic heterocycles. The number of rotatable bonds is 4. The van der Waals surface area contributed by atoms with E-state index >= 15 is 0 Å². The molecule has 4 nitrogen and oxygen atoms in total. The molecule has 2 aliphatic rings. The molecule has 0 aromatic heterocycles. The number of fused-ring (bicyclic) bond motifs is 1. The summed E-state index contributed by atoms with van der Waals surface area (Å²) < 4.78 is 5.58. The van der Waals surface area contributed by atoms with Crippen LogP contribution >= 0.6 is 0 Å². The van der Waals surface area contributed by atoms with Crippen LogP contribution in [0.15, 0.2) is 18.2 Å². The number of carbonyl (C=O) groups is 1. The van der Waals surface area contributed by atoms with Crippen LogP contribution in [0.1, 0.15) is 43.2 Å². The lowest BCUT2D eigenvalue weighted by atomic mass is 9.92. The molecule has 1 fully saturated rings. The fourth-order valence-electron chi connectivity index (χ4n) is 3.31. The lowest BCUT2D eigenvalue weighted by molar-refractivity contribution is -0.125. The summed E-state index contributed by atoms with van der Waals surface area (Å²) in [5.74, 6) is 0.608. The van der Waals surface area contributed by atoms with E-state index in [9.17, 15) is 9.90 Å². The predicted octanol–water partition coefficient (Wildman–Crippen LogP) is 1.97. The lowest BCUT2D eigenvalue weighted by Gasteiger charge is -2.28. The molecular weight excluding hydrogens is 266 g/mol. The zero-order valence-electron chi connectivity index (χ0n) is 12.3. The fraction of sp³-hybridized carbons (Fsp3) is 0.588. The summed E-state index contributed by atoms with van der Waals surface area (Å²) in [4.78, 5) is 11.9. The number of aryl methyl sites for hydroxylation is 2. The van der Waals surface area contributed by atoms with E-state index in [2.05, 4.69) is 11.4 Å². The SMILES string of the molecule is O=C(COc1ccc2c(c1)CCC2)N[C@@H]1CCCC[C@H]1O. The lowest BCUT2D eigenvalue weighted by Crippen LogP contribution is -2.46. The Hall–Kier alpha value is -1.55. The maximum atomic E-state index is 11.9. The maximum Gasteiger partial charge on any atom is 0.258 e. The number of hydrogen-bond acceptors (Lipinski definition) is 3. The van der Waals surface area contributed by atoms with Crippen molar-refractivity contribution < 1.29 is 14.6 Å². The molecule has 2 aliphatic carbocycles. The molecule has 114 valence electrons. The smallest absolute Gasteiger partial charge is 0.258 e. The van der Waals surface area contributed by atoms with Gasteiger partial charge >= 0.3 is 0 Å². The van der Waals surface area contributed by atoms with Gasteiger partial charge in [0.25, 0.3) is 5.91 Å². The minimum atomic E-state index is -0.414. The average molecular weight is 289 g/mol. The van der Waals surface area contributed by atoms with Gasteiger partial charge in [0, 0.05) is 0 Å². The van der Waals surface area contributed by atoms with Gasteiger partial charge in [-0.05, 0) is 55.4 Å². The van der Waals surface area contributed by atoms with Crippen molar-refractivity contribution in [1.29, 1.82) is 0 Å². The summed E-state index contributed by atoms with van der Waals surface area (Å²) in [5.41, 5.74) is 2.74. The Kier molecular flexibility index (Phi) is 4.44. The molecule has 1 aromatic rings. The van der Waals surface area contributed by atoms with Gasteiger partial charge in [-0.2, -0.15) is 0 Å². The summed E-state index contributed by atoms with van der Waals surface area (Å²) in [5, 5.41) is 12.7. The van der Waals surface area contributed by atoms with Crippen molar-refractivity contribution in [3.63, 3.8) is 0 Å². The van der Waals surface area contributed by atoms with Crippen molar-refractivity contribution in [2.75, 3.05) is 6.61 Å². The van der Waals surface area contributed by atoms with Gasteiger partial charge in [0.2, 0.25) is 0 Å². The summed E-state index contributed by atoms with van der Waals surface area (Å²) in [6, 6.07) is 5.97. The van der Waals surface area contributed by atoms with Crippen molar-refractivity contribution in [2.45, 2.75) is 57.1 Å². The molecule has 4 heteroatoms. The molecular formula is C17H23NO3. The summed E-state index contributed by atoms with van der Waals surface area (Å²) in [6.45, 7) is 0.0159. The van der Waals surface area contributed by atoms with Gasteiger partial charge in [-0.3, -0.25) is 4.79 Å². The van der Waals surface area contributed by atoms with Crippen molar-refractivity contribution in [3.8, 4) is 5.75 Å². The van der Waals surface area contributed by atoms with Crippen LogP contribution in [0.25, 0.3) is 0 Å². The second-order valence-corrected chi connectivity index (χ2v) is 6.10. The Labute approximate surface area is 125 Å². The Morgan fingerprint density at radius 1 is 1.19 bits per heavy atom. The molecule has 0 unspecified atom stereocenters. The number of aliphatic hydroxyl groups is 1. The molecule has 0 radical (unpaired) electrons. The second-order valence-electron chi connectivity index (χ2n) is 6.10. The van der Waals surface area contributed by atoms with E-state index in [4.69, 9.17) is 4.74 Å². The number of benzene rings is 1. The maximum absolute atomic E-state index is 11.9. The van der Waals surface area contributed by atoms with Crippen LogP contribution in [0.5, 0.6) is 5.75 Å². The Balaban J connectivity index is 1.49. The minimum absolute atomic E-state index is 0.0159. The standard InChI is InChI=1S/C17H23NO3/c19-16-7-2-1-6-15(16)18-17(20)11-21-14-9-8-12-4-3-5-13(12)10-14/h8-10,15-16,19H,1-7,11H2,(H,18,20)/t15-,16-/m1/s1. The Morgan fingerprint density at radius 3 is 2.86 bits per heavy atom. The highest BCUT2D eigenvalue weighted by molar-refractivity contribution is 5.77. The molecule has 0 heterocycles. The van der Waals surface area contributed by atoms with Gasteiger partial charge in [-0.25, -0.2) is 0 Å². The first kappa shape index (κ1) is 14.4. The fourth-order valence-corrected chi connectivity index (χ4v) is 3.31. The normalized spacial score (nSPS) is 24.4. The first-order valence-corrected chi connectivity index (χ1v) is 7.94. The molecule has 2 N–H and O–H groups in total. The molecule has 0 spiro atoms. The van der Waals surface area contributed by atoms with E-state index in [0.29, 0.717) is 0 Å². The van der Waals surface area contributed by atoms with E-state index in [1.807, 2.05) is 12.1 Å². The van der Waals surface area contributed by atoms with Crippen molar-refractivity contribution in [3.05, 3.63) is 29.3 Å². The van der Waals surface area contributed by atoms with E-state index in [0.717, 1.165) is 44.3 Å². The van der Waals surface area contributed by atoms with Crippen molar-refractivity contribution >= 4 is 5.91 Å². The number of aliphatic hydroxyl groups excluding tert-OH is 1. The van der Waals surface area contributed by atoms with Gasteiger partial charge in [0.05, 0.1) is 12.1 Å². The van der Waals surface area contributed by atoms with Crippen LogP contribution in [-0.2, 0) is 17.6 Å². The third kappa shape index (κ3) is 3.56. The minimum Gasteiger partial charge on any atom is -0.484 e. The zero-order valence-corrected chi connectivity index (χ0v) is 12.3. The van der Waals surface area contributed by atoms with Crippen LogP contribution in [0.4, 0.5) is 0 Å². The Morgan fingerprint density at radius 2 is 2.00 bits per heavy atom. The summed E-state index contributed by atoms with van der Waals surface area (Å²) in [7, 11) is 0. The van der Waals surface area contributed by atoms with Crippen LogP contribution < -0.4 is 10.1 Å². The van der Waals surface area contributed by atoms with Crippen molar-refractivity contribution in [1.82, 2.24) is 5.32 Å². The topological polar surface area (TPSA) is 58.6 Å². The monoisotopic (exact) mass is 289 g/mol. The third-order valence-electron chi connectivity index (χ3n) is 4.52. The first-order valence-electron chi connectivity index (χ1n) is 7.94. The van der Waals surface area contributed by atoms with Crippen LogP contribution in [-0.4, -0.2) is 29.8 Å². The van der Waals surface area contributed by atoms with Gasteiger partial charge in [-0.15, -0.1) is 0 Å². The quantitative estimate of drug-likeness (QED) is 0.891. The molecule has 3 rings (SSSR count). The van der Waals surface area contributed by atoms with Gasteiger partial charge in [0.15, 0.2) is 6.61 Å². The highest BCUT2D eigenvalue weighted by Crippen LogP contribution is 2.26. The summed E-state index contributed by atoms with van der Waals surface area (Å²) in [6.07, 6.45) is 6.78. The molecule has 1 saturated carbocycles. The highest BCUT2D eigenvalue weighted by Gasteiger charge is 2.24. The number of carbonyl (C=O) groups excluding carboxylic acids is 1. The largest absolute Gasteiger partial charge is 0.484 e. The molecule has 1 amide bonds. The summed E-state index contributed by atoms with van der Waals surface area (Å²) >= 11 is 0. The molecule has 21 heavy (non-hydrogen) atoms. The Bertz CT molecular complexity index is 515.